The first-order valence-corrected chi connectivity index (χ1v) is 8.81. The van der Waals surface area contributed by atoms with E-state index < -0.39 is 0 Å². The minimum absolute atomic E-state index is 0.605. The third-order valence-corrected chi connectivity index (χ3v) is 4.55. The van der Waals surface area contributed by atoms with Crippen LogP contribution in [0.25, 0.3) is 5.69 Å². The number of nitrogens with zero attached hydrogens (tertiary/aromatic N) is 4. The molecule has 3 rings (SSSR count). The summed E-state index contributed by atoms with van der Waals surface area (Å²) in [5.74, 6) is 1.67. The number of aryl methyl sites for hydroxylation is 3. The first-order chi connectivity index (χ1) is 11.6. The Morgan fingerprint density at radius 2 is 1.79 bits per heavy atom. The van der Waals surface area contributed by atoms with Gasteiger partial charge in [-0.25, -0.2) is 0 Å². The van der Waals surface area contributed by atoms with Crippen LogP contribution >= 0.6 is 11.8 Å². The predicted molar refractivity (Wildman–Crippen MR) is 96.0 cm³/mol. The fourth-order valence-corrected chi connectivity index (χ4v) is 3.24. The maximum absolute atomic E-state index is 5.78. The van der Waals surface area contributed by atoms with Gasteiger partial charge in [0.15, 0.2) is 0 Å². The Kier molecular flexibility index (Phi) is 5.15. The second kappa shape index (κ2) is 7.49. The molecular formula is C18H20N4OS. The van der Waals surface area contributed by atoms with Crippen LogP contribution in [-0.2, 0) is 0 Å². The van der Waals surface area contributed by atoms with Crippen LogP contribution in [0.2, 0.25) is 0 Å². The summed E-state index contributed by atoms with van der Waals surface area (Å²) in [6.45, 7) is 6.80. The first kappa shape index (κ1) is 16.5. The summed E-state index contributed by atoms with van der Waals surface area (Å²) < 4.78 is 7.59. The smallest absolute Gasteiger partial charge is 0.214 e. The van der Waals surface area contributed by atoms with Crippen molar-refractivity contribution in [3.05, 3.63) is 59.2 Å². The lowest BCUT2D eigenvalue weighted by Gasteiger charge is -2.11. The Morgan fingerprint density at radius 3 is 2.54 bits per heavy atom. The van der Waals surface area contributed by atoms with Crippen LogP contribution in [0.15, 0.2) is 47.6 Å². The van der Waals surface area contributed by atoms with Gasteiger partial charge in [-0.2, -0.15) is 4.68 Å². The molecule has 1 heterocycles. The van der Waals surface area contributed by atoms with E-state index in [1.165, 1.54) is 5.56 Å². The van der Waals surface area contributed by atoms with Gasteiger partial charge in [-0.1, -0.05) is 42.1 Å². The zero-order valence-corrected chi connectivity index (χ0v) is 14.9. The minimum Gasteiger partial charge on any atom is -0.493 e. The zero-order chi connectivity index (χ0) is 16.9. The number of thioether (sulfide) groups is 1. The second-order valence-corrected chi connectivity index (χ2v) is 6.69. The maximum atomic E-state index is 5.78. The highest BCUT2D eigenvalue weighted by atomic mass is 32.2. The van der Waals surface area contributed by atoms with Crippen LogP contribution in [0.5, 0.6) is 5.75 Å². The number of hydrogen-bond donors (Lipinski definition) is 0. The van der Waals surface area contributed by atoms with Gasteiger partial charge in [0, 0.05) is 5.75 Å². The highest BCUT2D eigenvalue weighted by molar-refractivity contribution is 7.99. The topological polar surface area (TPSA) is 52.8 Å². The van der Waals surface area contributed by atoms with Crippen molar-refractivity contribution in [2.24, 2.45) is 0 Å². The van der Waals surface area contributed by atoms with E-state index in [-0.39, 0.29) is 0 Å². The molecule has 0 atom stereocenters. The summed E-state index contributed by atoms with van der Waals surface area (Å²) in [5, 5.41) is 12.9. The largest absolute Gasteiger partial charge is 0.493 e. The van der Waals surface area contributed by atoms with E-state index in [2.05, 4.69) is 54.5 Å². The maximum Gasteiger partial charge on any atom is 0.214 e. The van der Waals surface area contributed by atoms with Gasteiger partial charge in [0.1, 0.15) is 5.75 Å². The van der Waals surface area contributed by atoms with Gasteiger partial charge in [-0.15, -0.1) is 5.10 Å². The molecule has 2 aromatic carbocycles. The second-order valence-electron chi connectivity index (χ2n) is 5.63. The summed E-state index contributed by atoms with van der Waals surface area (Å²) in [7, 11) is 0. The van der Waals surface area contributed by atoms with Crippen LogP contribution in [0, 0.1) is 20.8 Å². The normalized spacial score (nSPS) is 10.8. The monoisotopic (exact) mass is 340 g/mol. The highest BCUT2D eigenvalue weighted by Gasteiger charge is 2.13. The van der Waals surface area contributed by atoms with Gasteiger partial charge in [0.05, 0.1) is 12.3 Å². The molecule has 124 valence electrons. The van der Waals surface area contributed by atoms with Gasteiger partial charge in [0.2, 0.25) is 5.16 Å². The number of ether oxygens (including phenoxy) is 1. The predicted octanol–water partition coefficient (Wildman–Crippen LogP) is 3.76. The van der Waals surface area contributed by atoms with Gasteiger partial charge < -0.3 is 4.74 Å². The van der Waals surface area contributed by atoms with Crippen molar-refractivity contribution in [1.82, 2.24) is 20.2 Å². The molecule has 0 radical (unpaired) electrons. The molecule has 0 saturated heterocycles. The standard InChI is InChI=1S/C18H20N4OS/c1-13-6-4-9-16(12-13)23-10-11-24-18-19-20-21-22(18)17-14(2)7-5-8-15(17)3/h4-9,12H,10-11H2,1-3H3. The molecule has 6 heteroatoms. The molecule has 0 fully saturated rings. The average molecular weight is 340 g/mol. The van der Waals surface area contributed by atoms with Crippen LogP contribution in [0.4, 0.5) is 0 Å². The van der Waals surface area contributed by atoms with Gasteiger partial charge >= 0.3 is 0 Å². The quantitative estimate of drug-likeness (QED) is 0.505. The molecule has 0 bridgehead atoms. The number of para-hydroxylation sites is 1. The van der Waals surface area contributed by atoms with Gasteiger partial charge in [0.25, 0.3) is 0 Å². The minimum atomic E-state index is 0.605. The number of hydrogen-bond acceptors (Lipinski definition) is 5. The van der Waals surface area contributed by atoms with E-state index in [1.54, 1.807) is 11.8 Å². The number of aromatic nitrogens is 4. The summed E-state index contributed by atoms with van der Waals surface area (Å²) >= 11 is 1.59. The molecule has 3 aromatic rings. The molecular weight excluding hydrogens is 320 g/mol. The summed E-state index contributed by atoms with van der Waals surface area (Å²) in [6, 6.07) is 14.2. The van der Waals surface area contributed by atoms with Crippen molar-refractivity contribution in [2.75, 3.05) is 12.4 Å². The van der Waals surface area contributed by atoms with E-state index in [9.17, 15) is 0 Å². The molecule has 0 aliphatic carbocycles. The van der Waals surface area contributed by atoms with E-state index in [1.807, 2.05) is 28.9 Å². The SMILES string of the molecule is Cc1cccc(OCCSc2nnnn2-c2c(C)cccc2C)c1. The van der Waals surface area contributed by atoms with Gasteiger partial charge in [-0.05, 0) is 60.0 Å². The van der Waals surface area contributed by atoms with Crippen molar-refractivity contribution >= 4 is 11.8 Å². The van der Waals surface area contributed by atoms with Crippen LogP contribution < -0.4 is 4.74 Å². The lowest BCUT2D eigenvalue weighted by molar-refractivity contribution is 0.343. The number of benzene rings is 2. The number of tetrazole rings is 1. The Morgan fingerprint density at radius 1 is 1.04 bits per heavy atom. The van der Waals surface area contributed by atoms with Crippen molar-refractivity contribution in [3.8, 4) is 11.4 Å². The Balaban J connectivity index is 1.64. The zero-order valence-electron chi connectivity index (χ0n) is 14.1. The Labute approximate surface area is 146 Å². The molecule has 5 nitrogen and oxygen atoms in total. The lowest BCUT2D eigenvalue weighted by atomic mass is 10.1. The van der Waals surface area contributed by atoms with Crippen LogP contribution in [-0.4, -0.2) is 32.6 Å². The third kappa shape index (κ3) is 3.76. The molecule has 0 aliphatic heterocycles. The fraction of sp³-hybridized carbons (Fsp3) is 0.278. The number of rotatable bonds is 6. The van der Waals surface area contributed by atoms with E-state index in [0.29, 0.717) is 6.61 Å². The molecule has 0 unspecified atom stereocenters. The van der Waals surface area contributed by atoms with E-state index in [0.717, 1.165) is 33.5 Å². The van der Waals surface area contributed by atoms with Crippen molar-refractivity contribution in [1.29, 1.82) is 0 Å². The molecule has 0 amide bonds. The third-order valence-electron chi connectivity index (χ3n) is 3.66. The molecule has 0 spiro atoms. The fourth-order valence-electron chi connectivity index (χ4n) is 2.55. The van der Waals surface area contributed by atoms with E-state index in [4.69, 9.17) is 4.74 Å². The van der Waals surface area contributed by atoms with Gasteiger partial charge in [-0.3, -0.25) is 0 Å². The highest BCUT2D eigenvalue weighted by Crippen LogP contribution is 2.23. The Hall–Kier alpha value is -2.34. The summed E-state index contributed by atoms with van der Waals surface area (Å²) in [4.78, 5) is 0. The molecule has 0 aliphatic rings. The molecule has 24 heavy (non-hydrogen) atoms. The summed E-state index contributed by atoms with van der Waals surface area (Å²) in [6.07, 6.45) is 0. The van der Waals surface area contributed by atoms with Crippen LogP contribution in [0.1, 0.15) is 16.7 Å². The van der Waals surface area contributed by atoms with E-state index >= 15 is 0 Å². The Bertz CT molecular complexity index is 811. The first-order valence-electron chi connectivity index (χ1n) is 7.82. The van der Waals surface area contributed by atoms with Crippen molar-refractivity contribution < 1.29 is 4.74 Å². The van der Waals surface area contributed by atoms with Crippen molar-refractivity contribution in [3.63, 3.8) is 0 Å². The van der Waals surface area contributed by atoms with Crippen molar-refractivity contribution in [2.45, 2.75) is 25.9 Å². The lowest BCUT2D eigenvalue weighted by Crippen LogP contribution is -2.06. The summed E-state index contributed by atoms with van der Waals surface area (Å²) in [5.41, 5.74) is 4.55. The average Bonchev–Trinajstić information content (AvgIpc) is 3.00. The van der Waals surface area contributed by atoms with Crippen LogP contribution in [0.3, 0.4) is 0 Å². The molecule has 1 aromatic heterocycles. The molecule has 0 saturated carbocycles. The molecule has 0 N–H and O–H groups in total.